The SMILES string of the molecule is CCOC(=O)COc1c(Cl)cc(/C=C2/NC(=O)N(CC(=O)Nc3ccccc3F)C2=O)cc1OC. The number of carbonyl (C=O) groups is 4. The fraction of sp³-hybridized carbons (Fsp3) is 0.217. The molecule has 0 saturated carbocycles. The number of nitrogens with zero attached hydrogens (tertiary/aromatic N) is 1. The van der Waals surface area contributed by atoms with Crippen LogP contribution in [0.2, 0.25) is 5.02 Å². The molecule has 0 unspecified atom stereocenters. The summed E-state index contributed by atoms with van der Waals surface area (Å²) in [5, 5.41) is 4.77. The summed E-state index contributed by atoms with van der Waals surface area (Å²) in [6.07, 6.45) is 1.33. The van der Waals surface area contributed by atoms with Gasteiger partial charge in [0.15, 0.2) is 18.1 Å². The number of hydrogen-bond donors (Lipinski definition) is 2. The zero-order valence-electron chi connectivity index (χ0n) is 18.7. The topological polar surface area (TPSA) is 123 Å². The quantitative estimate of drug-likeness (QED) is 0.305. The highest BCUT2D eigenvalue weighted by Crippen LogP contribution is 2.37. The number of hydrogen-bond acceptors (Lipinski definition) is 7. The number of benzene rings is 2. The van der Waals surface area contributed by atoms with Crippen molar-refractivity contribution in [1.29, 1.82) is 0 Å². The van der Waals surface area contributed by atoms with E-state index in [1.54, 1.807) is 6.92 Å². The summed E-state index contributed by atoms with van der Waals surface area (Å²) < 4.78 is 29.2. The van der Waals surface area contributed by atoms with Gasteiger partial charge < -0.3 is 24.8 Å². The third kappa shape index (κ3) is 6.27. The number of ether oxygens (including phenoxy) is 3. The molecule has 2 aromatic rings. The van der Waals surface area contributed by atoms with Crippen molar-refractivity contribution in [2.24, 2.45) is 0 Å². The molecular weight excluding hydrogens is 485 g/mol. The van der Waals surface area contributed by atoms with Crippen LogP contribution in [0.15, 0.2) is 42.1 Å². The van der Waals surface area contributed by atoms with Gasteiger partial charge in [0.05, 0.1) is 24.4 Å². The average molecular weight is 506 g/mol. The first kappa shape index (κ1) is 25.5. The van der Waals surface area contributed by atoms with Crippen molar-refractivity contribution in [3.63, 3.8) is 0 Å². The van der Waals surface area contributed by atoms with E-state index in [1.165, 1.54) is 43.5 Å². The highest BCUT2D eigenvalue weighted by atomic mass is 35.5. The van der Waals surface area contributed by atoms with Crippen molar-refractivity contribution in [3.05, 3.63) is 58.5 Å². The van der Waals surface area contributed by atoms with Gasteiger partial charge >= 0.3 is 12.0 Å². The Balaban J connectivity index is 1.73. The number of esters is 1. The Morgan fingerprint density at radius 3 is 2.66 bits per heavy atom. The zero-order valence-corrected chi connectivity index (χ0v) is 19.5. The molecule has 184 valence electrons. The first-order valence-electron chi connectivity index (χ1n) is 10.3. The van der Waals surface area contributed by atoms with E-state index in [2.05, 4.69) is 10.6 Å². The molecular formula is C23H21ClFN3O7. The predicted molar refractivity (Wildman–Crippen MR) is 123 cm³/mol. The molecule has 1 heterocycles. The second-order valence-corrected chi connectivity index (χ2v) is 7.44. The Morgan fingerprint density at radius 1 is 1.23 bits per heavy atom. The van der Waals surface area contributed by atoms with E-state index in [9.17, 15) is 23.6 Å². The number of carbonyl (C=O) groups excluding carboxylic acids is 4. The fourth-order valence-corrected chi connectivity index (χ4v) is 3.35. The Hall–Kier alpha value is -4.12. The standard InChI is InChI=1S/C23H21ClFN3O7/c1-3-34-20(30)12-35-21-14(24)8-13(10-18(21)33-2)9-17-22(31)28(23(32)27-17)11-19(29)26-16-7-5-4-6-15(16)25/h4-10H,3,11-12H2,1-2H3,(H,26,29)(H,27,32)/b17-9+. The summed E-state index contributed by atoms with van der Waals surface area (Å²) in [5.74, 6) is -2.50. The number of anilines is 1. The molecule has 0 bridgehead atoms. The van der Waals surface area contributed by atoms with Gasteiger partial charge in [0.2, 0.25) is 5.91 Å². The average Bonchev–Trinajstić information content (AvgIpc) is 3.07. The molecule has 35 heavy (non-hydrogen) atoms. The number of para-hydroxylation sites is 1. The molecule has 0 spiro atoms. The lowest BCUT2D eigenvalue weighted by molar-refractivity contribution is -0.145. The molecule has 0 radical (unpaired) electrons. The number of rotatable bonds is 9. The number of methoxy groups -OCH3 is 1. The van der Waals surface area contributed by atoms with E-state index < -0.39 is 36.2 Å². The molecule has 2 aromatic carbocycles. The molecule has 1 fully saturated rings. The minimum absolute atomic E-state index is 0.0766. The Kier molecular flexibility index (Phi) is 8.26. The van der Waals surface area contributed by atoms with Crippen molar-refractivity contribution in [2.75, 3.05) is 32.2 Å². The lowest BCUT2D eigenvalue weighted by Gasteiger charge is -2.13. The van der Waals surface area contributed by atoms with Gasteiger partial charge in [0, 0.05) is 0 Å². The molecule has 0 aromatic heterocycles. The molecule has 2 N–H and O–H groups in total. The van der Waals surface area contributed by atoms with Crippen molar-refractivity contribution in [3.8, 4) is 11.5 Å². The third-order valence-corrected chi connectivity index (χ3v) is 4.90. The summed E-state index contributed by atoms with van der Waals surface area (Å²) in [6, 6.07) is 7.59. The molecule has 1 aliphatic heterocycles. The van der Waals surface area contributed by atoms with Gasteiger partial charge in [0.1, 0.15) is 18.1 Å². The maximum Gasteiger partial charge on any atom is 0.344 e. The van der Waals surface area contributed by atoms with Crippen molar-refractivity contribution >= 4 is 47.2 Å². The molecule has 0 atom stereocenters. The van der Waals surface area contributed by atoms with Crippen molar-refractivity contribution < 1.29 is 37.8 Å². The summed E-state index contributed by atoms with van der Waals surface area (Å²) in [7, 11) is 1.36. The summed E-state index contributed by atoms with van der Waals surface area (Å²) in [4.78, 5) is 49.4. The van der Waals surface area contributed by atoms with Crippen LogP contribution in [-0.4, -0.2) is 55.6 Å². The largest absolute Gasteiger partial charge is 0.493 e. The zero-order chi connectivity index (χ0) is 25.5. The van der Waals surface area contributed by atoms with Gasteiger partial charge in [-0.3, -0.25) is 9.59 Å². The summed E-state index contributed by atoms with van der Waals surface area (Å²) >= 11 is 6.26. The van der Waals surface area contributed by atoms with Gasteiger partial charge in [-0.05, 0) is 42.8 Å². The monoisotopic (exact) mass is 505 g/mol. The lowest BCUT2D eigenvalue weighted by atomic mass is 10.1. The molecule has 1 saturated heterocycles. The maximum absolute atomic E-state index is 13.7. The van der Waals surface area contributed by atoms with Crippen LogP contribution >= 0.6 is 11.6 Å². The van der Waals surface area contributed by atoms with Gasteiger partial charge in [0.25, 0.3) is 5.91 Å². The van der Waals surface area contributed by atoms with Crippen molar-refractivity contribution in [2.45, 2.75) is 6.92 Å². The Morgan fingerprint density at radius 2 is 1.97 bits per heavy atom. The van der Waals surface area contributed by atoms with E-state index in [-0.39, 0.29) is 41.1 Å². The normalized spacial score (nSPS) is 14.1. The van der Waals surface area contributed by atoms with Gasteiger partial charge in [-0.1, -0.05) is 23.7 Å². The smallest absolute Gasteiger partial charge is 0.344 e. The Bertz CT molecular complexity index is 1200. The minimum atomic E-state index is -0.822. The second kappa shape index (κ2) is 11.3. The molecule has 12 heteroatoms. The molecule has 3 rings (SSSR count). The highest BCUT2D eigenvalue weighted by Gasteiger charge is 2.35. The number of imide groups is 1. The van der Waals surface area contributed by atoms with E-state index in [1.807, 2.05) is 0 Å². The van der Waals surface area contributed by atoms with Crippen LogP contribution in [0.5, 0.6) is 11.5 Å². The lowest BCUT2D eigenvalue weighted by Crippen LogP contribution is -2.38. The third-order valence-electron chi connectivity index (χ3n) is 4.61. The van der Waals surface area contributed by atoms with Gasteiger partial charge in [-0.15, -0.1) is 0 Å². The van der Waals surface area contributed by atoms with E-state index in [4.69, 9.17) is 25.8 Å². The number of nitrogens with one attached hydrogen (secondary N) is 2. The van der Waals surface area contributed by atoms with Crippen LogP contribution in [0.1, 0.15) is 12.5 Å². The minimum Gasteiger partial charge on any atom is -0.493 e. The predicted octanol–water partition coefficient (Wildman–Crippen LogP) is 2.96. The number of halogens is 2. The first-order chi connectivity index (χ1) is 16.7. The van der Waals surface area contributed by atoms with Crippen LogP contribution in [-0.2, 0) is 19.1 Å². The van der Waals surface area contributed by atoms with Crippen LogP contribution in [0.4, 0.5) is 14.9 Å². The van der Waals surface area contributed by atoms with Crippen molar-refractivity contribution in [1.82, 2.24) is 10.2 Å². The number of urea groups is 1. The van der Waals surface area contributed by atoms with Gasteiger partial charge in [-0.25, -0.2) is 18.9 Å². The van der Waals surface area contributed by atoms with Crippen LogP contribution in [0.3, 0.4) is 0 Å². The van der Waals surface area contributed by atoms with Crippen LogP contribution in [0, 0.1) is 5.82 Å². The van der Waals surface area contributed by atoms with Crippen LogP contribution < -0.4 is 20.1 Å². The van der Waals surface area contributed by atoms with Gasteiger partial charge in [-0.2, -0.15) is 0 Å². The summed E-state index contributed by atoms with van der Waals surface area (Å²) in [5.41, 5.74) is 0.177. The molecule has 10 nitrogen and oxygen atoms in total. The molecule has 4 amide bonds. The van der Waals surface area contributed by atoms with E-state index in [0.29, 0.717) is 10.5 Å². The second-order valence-electron chi connectivity index (χ2n) is 7.04. The van der Waals surface area contributed by atoms with Crippen LogP contribution in [0.25, 0.3) is 6.08 Å². The highest BCUT2D eigenvalue weighted by molar-refractivity contribution is 6.32. The number of amides is 4. The molecule has 0 aliphatic carbocycles. The first-order valence-corrected chi connectivity index (χ1v) is 10.7. The summed E-state index contributed by atoms with van der Waals surface area (Å²) in [6.45, 7) is 0.846. The Labute approximate surface area is 204 Å². The maximum atomic E-state index is 13.7. The molecule has 1 aliphatic rings. The fourth-order valence-electron chi connectivity index (χ4n) is 3.07. The van der Waals surface area contributed by atoms with E-state index >= 15 is 0 Å². The van der Waals surface area contributed by atoms with E-state index in [0.717, 1.165) is 6.07 Å².